The van der Waals surface area contributed by atoms with Gasteiger partial charge in [0.25, 0.3) is 0 Å². The van der Waals surface area contributed by atoms with E-state index in [0.717, 1.165) is 12.1 Å². The van der Waals surface area contributed by atoms with E-state index in [1.807, 2.05) is 0 Å². The van der Waals surface area contributed by atoms with Crippen molar-refractivity contribution >= 4 is 0 Å². The molecule has 0 fully saturated rings. The molecule has 0 saturated carbocycles. The minimum atomic E-state index is -4.39. The second kappa shape index (κ2) is 4.96. The van der Waals surface area contributed by atoms with Crippen molar-refractivity contribution < 1.29 is 27.8 Å². The fourth-order valence-electron chi connectivity index (χ4n) is 2.13. The van der Waals surface area contributed by atoms with Crippen molar-refractivity contribution in [2.24, 2.45) is 0 Å². The maximum Gasteiger partial charge on any atom is 0.416 e. The first-order valence-corrected chi connectivity index (χ1v) is 6.20. The lowest BCUT2D eigenvalue weighted by Gasteiger charge is -2.13. The molecule has 6 heteroatoms. The van der Waals surface area contributed by atoms with Gasteiger partial charge in [0.05, 0.1) is 5.56 Å². The van der Waals surface area contributed by atoms with Crippen LogP contribution in [0.2, 0.25) is 0 Å². The van der Waals surface area contributed by atoms with Crippen LogP contribution in [0.3, 0.4) is 0 Å². The number of aliphatic hydroxyl groups excluding tert-OH is 1. The second-order valence-corrected chi connectivity index (χ2v) is 4.64. The third-order valence-corrected chi connectivity index (χ3v) is 3.27. The van der Waals surface area contributed by atoms with E-state index in [0.29, 0.717) is 22.6 Å². The van der Waals surface area contributed by atoms with E-state index in [1.54, 1.807) is 18.2 Å². The van der Waals surface area contributed by atoms with E-state index in [1.165, 1.54) is 12.1 Å². The Balaban J connectivity index is 1.86. The maximum atomic E-state index is 12.5. The summed E-state index contributed by atoms with van der Waals surface area (Å²) in [6, 6.07) is 9.35. The van der Waals surface area contributed by atoms with Gasteiger partial charge in [-0.05, 0) is 35.4 Å². The number of hydrogen-bond acceptors (Lipinski definition) is 3. The summed E-state index contributed by atoms with van der Waals surface area (Å²) < 4.78 is 47.9. The fourth-order valence-corrected chi connectivity index (χ4v) is 2.13. The number of halogens is 3. The molecular weight excluding hydrogens is 285 g/mol. The summed E-state index contributed by atoms with van der Waals surface area (Å²) in [6.07, 6.45) is -5.41. The summed E-state index contributed by atoms with van der Waals surface area (Å²) in [5.74, 6) is 1.09. The van der Waals surface area contributed by atoms with Crippen molar-refractivity contribution in [1.29, 1.82) is 0 Å². The Morgan fingerprint density at radius 2 is 1.52 bits per heavy atom. The normalized spacial score (nSPS) is 15.0. The third kappa shape index (κ3) is 2.67. The summed E-state index contributed by atoms with van der Waals surface area (Å²) in [4.78, 5) is 0. The standard InChI is InChI=1S/C15H11F3O3/c16-15(17,18)11-4-1-9(2-5-11)14(19)10-3-6-12-13(7-10)21-8-20-12/h1-7,14,19H,8H2. The summed E-state index contributed by atoms with van der Waals surface area (Å²) >= 11 is 0. The molecule has 0 amide bonds. The Morgan fingerprint density at radius 1 is 0.905 bits per heavy atom. The molecule has 110 valence electrons. The second-order valence-electron chi connectivity index (χ2n) is 4.64. The van der Waals surface area contributed by atoms with Gasteiger partial charge in [0.15, 0.2) is 11.5 Å². The molecule has 0 saturated heterocycles. The Hall–Kier alpha value is -2.21. The third-order valence-electron chi connectivity index (χ3n) is 3.27. The first-order chi connectivity index (χ1) is 9.95. The van der Waals surface area contributed by atoms with Crippen LogP contribution >= 0.6 is 0 Å². The Morgan fingerprint density at radius 3 is 2.19 bits per heavy atom. The van der Waals surface area contributed by atoms with Gasteiger partial charge in [-0.15, -0.1) is 0 Å². The molecule has 1 unspecified atom stereocenters. The molecule has 2 aromatic carbocycles. The summed E-state index contributed by atoms with van der Waals surface area (Å²) in [5.41, 5.74) is 0.157. The van der Waals surface area contributed by atoms with Gasteiger partial charge < -0.3 is 14.6 Å². The predicted octanol–water partition coefficient (Wildman–Crippen LogP) is 3.52. The molecule has 3 rings (SSSR count). The molecule has 2 aromatic rings. The molecule has 1 heterocycles. The maximum absolute atomic E-state index is 12.5. The number of rotatable bonds is 2. The first-order valence-electron chi connectivity index (χ1n) is 6.20. The van der Waals surface area contributed by atoms with Crippen LogP contribution in [0.1, 0.15) is 22.8 Å². The zero-order valence-corrected chi connectivity index (χ0v) is 10.7. The minimum absolute atomic E-state index is 0.120. The SMILES string of the molecule is OC(c1ccc(C(F)(F)F)cc1)c1ccc2c(c1)OCO2. The number of ether oxygens (including phenoxy) is 2. The van der Waals surface area contributed by atoms with E-state index in [2.05, 4.69) is 0 Å². The molecule has 21 heavy (non-hydrogen) atoms. The fraction of sp³-hybridized carbons (Fsp3) is 0.200. The summed E-state index contributed by atoms with van der Waals surface area (Å²) in [7, 11) is 0. The van der Waals surface area contributed by atoms with Crippen LogP contribution in [-0.4, -0.2) is 11.9 Å². The van der Waals surface area contributed by atoms with Crippen LogP contribution in [0.25, 0.3) is 0 Å². The quantitative estimate of drug-likeness (QED) is 0.921. The van der Waals surface area contributed by atoms with E-state index in [-0.39, 0.29) is 6.79 Å². The van der Waals surface area contributed by atoms with Gasteiger partial charge >= 0.3 is 6.18 Å². The molecule has 1 atom stereocenters. The summed E-state index contributed by atoms with van der Waals surface area (Å²) in [6.45, 7) is 0.120. The van der Waals surface area contributed by atoms with Crippen molar-refractivity contribution in [1.82, 2.24) is 0 Å². The molecule has 0 radical (unpaired) electrons. The van der Waals surface area contributed by atoms with Gasteiger partial charge in [-0.3, -0.25) is 0 Å². The van der Waals surface area contributed by atoms with Crippen LogP contribution < -0.4 is 9.47 Å². The molecule has 0 aliphatic carbocycles. The largest absolute Gasteiger partial charge is 0.454 e. The Kier molecular flexibility index (Phi) is 3.25. The molecule has 1 aliphatic heterocycles. The lowest BCUT2D eigenvalue weighted by Crippen LogP contribution is -2.06. The molecule has 1 N–H and O–H groups in total. The highest BCUT2D eigenvalue weighted by Gasteiger charge is 2.30. The zero-order valence-electron chi connectivity index (χ0n) is 10.7. The Labute approximate surface area is 118 Å². The number of alkyl halides is 3. The molecule has 0 aromatic heterocycles. The monoisotopic (exact) mass is 296 g/mol. The van der Waals surface area contributed by atoms with Crippen LogP contribution in [0, 0.1) is 0 Å². The van der Waals surface area contributed by atoms with Crippen molar-refractivity contribution in [3.63, 3.8) is 0 Å². The lowest BCUT2D eigenvalue weighted by molar-refractivity contribution is -0.137. The minimum Gasteiger partial charge on any atom is -0.454 e. The van der Waals surface area contributed by atoms with Crippen molar-refractivity contribution in [3.8, 4) is 11.5 Å². The average molecular weight is 296 g/mol. The molecular formula is C15H11F3O3. The zero-order chi connectivity index (χ0) is 15.0. The predicted molar refractivity (Wildman–Crippen MR) is 68.1 cm³/mol. The van der Waals surface area contributed by atoms with Crippen LogP contribution in [-0.2, 0) is 6.18 Å². The van der Waals surface area contributed by atoms with Gasteiger partial charge in [0.2, 0.25) is 6.79 Å². The molecule has 0 spiro atoms. The highest BCUT2D eigenvalue weighted by molar-refractivity contribution is 5.46. The van der Waals surface area contributed by atoms with Crippen LogP contribution in [0.4, 0.5) is 13.2 Å². The van der Waals surface area contributed by atoms with E-state index >= 15 is 0 Å². The highest BCUT2D eigenvalue weighted by Crippen LogP contribution is 2.36. The number of aliphatic hydroxyl groups is 1. The Bertz CT molecular complexity index is 650. The van der Waals surface area contributed by atoms with Crippen molar-refractivity contribution in [2.75, 3.05) is 6.79 Å². The molecule has 0 bridgehead atoms. The van der Waals surface area contributed by atoms with Crippen LogP contribution in [0.15, 0.2) is 42.5 Å². The van der Waals surface area contributed by atoms with Crippen molar-refractivity contribution in [2.45, 2.75) is 12.3 Å². The number of benzene rings is 2. The highest BCUT2D eigenvalue weighted by atomic mass is 19.4. The van der Waals surface area contributed by atoms with Gasteiger partial charge in [-0.1, -0.05) is 18.2 Å². The van der Waals surface area contributed by atoms with Gasteiger partial charge in [-0.25, -0.2) is 0 Å². The van der Waals surface area contributed by atoms with E-state index in [4.69, 9.17) is 9.47 Å². The van der Waals surface area contributed by atoms with E-state index in [9.17, 15) is 18.3 Å². The lowest BCUT2D eigenvalue weighted by atomic mass is 10.00. The van der Waals surface area contributed by atoms with Crippen molar-refractivity contribution in [3.05, 3.63) is 59.2 Å². The summed E-state index contributed by atoms with van der Waals surface area (Å²) in [5, 5.41) is 10.2. The number of hydrogen-bond donors (Lipinski definition) is 1. The van der Waals surface area contributed by atoms with Gasteiger partial charge in [0.1, 0.15) is 6.10 Å². The van der Waals surface area contributed by atoms with Gasteiger partial charge in [-0.2, -0.15) is 13.2 Å². The van der Waals surface area contributed by atoms with E-state index < -0.39 is 17.8 Å². The smallest absolute Gasteiger partial charge is 0.416 e. The molecule has 3 nitrogen and oxygen atoms in total. The van der Waals surface area contributed by atoms with Crippen LogP contribution in [0.5, 0.6) is 11.5 Å². The number of fused-ring (bicyclic) bond motifs is 1. The van der Waals surface area contributed by atoms with Gasteiger partial charge in [0, 0.05) is 0 Å². The topological polar surface area (TPSA) is 38.7 Å². The molecule has 1 aliphatic rings. The average Bonchev–Trinajstić information content (AvgIpc) is 2.93. The first kappa shape index (κ1) is 13.8.